The van der Waals surface area contributed by atoms with Crippen LogP contribution in [0.25, 0.3) is 15.2 Å². The lowest BCUT2D eigenvalue weighted by atomic mass is 10.3. The molecule has 3 aromatic heterocycles. The number of halogens is 1. The van der Waals surface area contributed by atoms with Crippen LogP contribution in [0.3, 0.4) is 0 Å². The van der Waals surface area contributed by atoms with Gasteiger partial charge in [0.1, 0.15) is 10.8 Å². The largest absolute Gasteiger partial charge is 0.453 e. The number of fused-ring (bicyclic) bond motifs is 1. The average Bonchev–Trinajstić information content (AvgIpc) is 3.25. The van der Waals surface area contributed by atoms with Gasteiger partial charge in [-0.05, 0) is 12.1 Å². The van der Waals surface area contributed by atoms with Gasteiger partial charge >= 0.3 is 0 Å². The first kappa shape index (κ1) is 15.2. The maximum atomic E-state index is 14.1. The van der Waals surface area contributed by atoms with Crippen LogP contribution in [0.4, 0.5) is 10.1 Å². The molecule has 0 bridgehead atoms. The number of thiophene rings is 1. The predicted molar refractivity (Wildman–Crippen MR) is 89.9 cm³/mol. The second kappa shape index (κ2) is 5.95. The molecule has 3 heterocycles. The maximum absolute atomic E-state index is 14.1. The Balaban J connectivity index is 1.73. The van der Waals surface area contributed by atoms with Gasteiger partial charge in [0.2, 0.25) is 0 Å². The Morgan fingerprint density at radius 1 is 1.20 bits per heavy atom. The molecule has 0 saturated heterocycles. The fourth-order valence-electron chi connectivity index (χ4n) is 2.30. The molecular formula is C16H9FN4O3S. The molecule has 0 saturated carbocycles. The molecule has 0 aliphatic rings. The van der Waals surface area contributed by atoms with Gasteiger partial charge in [0, 0.05) is 36.8 Å². The Kier molecular flexibility index (Phi) is 3.62. The zero-order valence-electron chi connectivity index (χ0n) is 12.5. The number of aromatic nitrogens is 3. The minimum atomic E-state index is -0.803. The molecule has 0 N–H and O–H groups in total. The van der Waals surface area contributed by atoms with Crippen LogP contribution in [-0.4, -0.2) is 19.7 Å². The smallest absolute Gasteiger partial charge is 0.272 e. The van der Waals surface area contributed by atoms with Crippen molar-refractivity contribution >= 4 is 27.2 Å². The van der Waals surface area contributed by atoms with Crippen LogP contribution in [0.2, 0.25) is 0 Å². The van der Waals surface area contributed by atoms with Crippen molar-refractivity contribution in [1.29, 1.82) is 0 Å². The molecule has 0 atom stereocenters. The molecule has 0 unspecified atom stereocenters. The van der Waals surface area contributed by atoms with Crippen LogP contribution in [-0.2, 0) is 0 Å². The fourth-order valence-corrected chi connectivity index (χ4v) is 3.31. The number of ether oxygens (including phenoxy) is 1. The van der Waals surface area contributed by atoms with Gasteiger partial charge in [0.25, 0.3) is 5.69 Å². The second-order valence-electron chi connectivity index (χ2n) is 5.03. The van der Waals surface area contributed by atoms with Crippen molar-refractivity contribution in [3.05, 3.63) is 70.9 Å². The second-order valence-corrected chi connectivity index (χ2v) is 6.06. The number of nitro benzene ring substituents is 1. The number of pyridine rings is 1. The van der Waals surface area contributed by atoms with E-state index in [1.54, 1.807) is 29.3 Å². The monoisotopic (exact) mass is 356 g/mol. The average molecular weight is 356 g/mol. The highest BCUT2D eigenvalue weighted by molar-refractivity contribution is 7.21. The first-order valence-corrected chi connectivity index (χ1v) is 7.94. The number of nitro groups is 1. The van der Waals surface area contributed by atoms with Crippen LogP contribution in [0, 0.1) is 15.9 Å². The van der Waals surface area contributed by atoms with Crippen LogP contribution in [0.1, 0.15) is 0 Å². The number of benzene rings is 1. The molecule has 0 aliphatic heterocycles. The molecule has 9 heteroatoms. The number of rotatable bonds is 4. The van der Waals surface area contributed by atoms with Gasteiger partial charge in [-0.1, -0.05) is 0 Å². The topological polar surface area (TPSA) is 83.1 Å². The van der Waals surface area contributed by atoms with E-state index in [0.717, 1.165) is 15.8 Å². The van der Waals surface area contributed by atoms with Gasteiger partial charge in [0.05, 0.1) is 21.2 Å². The van der Waals surface area contributed by atoms with E-state index in [4.69, 9.17) is 4.74 Å². The van der Waals surface area contributed by atoms with Crippen LogP contribution < -0.4 is 4.74 Å². The molecule has 4 rings (SSSR count). The summed E-state index contributed by atoms with van der Waals surface area (Å²) >= 11 is 1.40. The summed E-state index contributed by atoms with van der Waals surface area (Å²) < 4.78 is 22.1. The lowest BCUT2D eigenvalue weighted by molar-refractivity contribution is -0.385. The summed E-state index contributed by atoms with van der Waals surface area (Å²) in [5.74, 6) is -0.476. The van der Waals surface area contributed by atoms with Crippen molar-refractivity contribution in [3.8, 4) is 16.5 Å². The Labute approximate surface area is 144 Å². The molecule has 0 fully saturated rings. The summed E-state index contributed by atoms with van der Waals surface area (Å²) in [5, 5.41) is 15.7. The zero-order valence-corrected chi connectivity index (χ0v) is 13.3. The molecule has 7 nitrogen and oxygen atoms in total. The van der Waals surface area contributed by atoms with Crippen molar-refractivity contribution in [2.75, 3.05) is 0 Å². The van der Waals surface area contributed by atoms with E-state index in [1.165, 1.54) is 23.5 Å². The molecule has 1 aromatic carbocycles. The third-order valence-electron chi connectivity index (χ3n) is 3.44. The van der Waals surface area contributed by atoms with Crippen molar-refractivity contribution in [2.24, 2.45) is 0 Å². The third kappa shape index (κ3) is 2.81. The Hall–Kier alpha value is -3.33. The van der Waals surface area contributed by atoms with Crippen LogP contribution in [0.5, 0.6) is 11.5 Å². The molecule has 0 radical (unpaired) electrons. The molecule has 25 heavy (non-hydrogen) atoms. The van der Waals surface area contributed by atoms with Crippen LogP contribution >= 0.6 is 11.3 Å². The number of hydrogen-bond acceptors (Lipinski definition) is 6. The maximum Gasteiger partial charge on any atom is 0.272 e. The van der Waals surface area contributed by atoms with Gasteiger partial charge < -0.3 is 4.74 Å². The Bertz CT molecular complexity index is 1080. The van der Waals surface area contributed by atoms with Gasteiger partial charge in [0.15, 0.2) is 11.6 Å². The van der Waals surface area contributed by atoms with Crippen molar-refractivity contribution in [3.63, 3.8) is 0 Å². The van der Waals surface area contributed by atoms with Crippen molar-refractivity contribution in [1.82, 2.24) is 14.8 Å². The SMILES string of the molecule is O=[N+]([O-])c1ccc(Oc2ccnc3cc(-n4cccn4)sc23)c(F)c1. The normalized spacial score (nSPS) is 10.9. The van der Waals surface area contributed by atoms with Crippen LogP contribution in [0.15, 0.2) is 55.0 Å². The Morgan fingerprint density at radius 3 is 2.80 bits per heavy atom. The van der Waals surface area contributed by atoms with E-state index in [1.807, 2.05) is 12.1 Å². The first-order chi connectivity index (χ1) is 12.1. The van der Waals surface area contributed by atoms with E-state index in [0.29, 0.717) is 11.3 Å². The van der Waals surface area contributed by atoms with E-state index in [-0.39, 0.29) is 11.4 Å². The van der Waals surface area contributed by atoms with Gasteiger partial charge in [-0.3, -0.25) is 15.1 Å². The van der Waals surface area contributed by atoms with Crippen molar-refractivity contribution < 1.29 is 14.1 Å². The summed E-state index contributed by atoms with van der Waals surface area (Å²) in [6.45, 7) is 0. The molecule has 4 aromatic rings. The number of hydrogen-bond donors (Lipinski definition) is 0. The Morgan fingerprint density at radius 2 is 2.08 bits per heavy atom. The quantitative estimate of drug-likeness (QED) is 0.402. The lowest BCUT2D eigenvalue weighted by Crippen LogP contribution is -1.92. The summed E-state index contributed by atoms with van der Waals surface area (Å²) in [7, 11) is 0. The fraction of sp³-hybridized carbons (Fsp3) is 0. The van der Waals surface area contributed by atoms with E-state index in [2.05, 4.69) is 10.1 Å². The van der Waals surface area contributed by atoms with Gasteiger partial charge in [-0.2, -0.15) is 5.10 Å². The van der Waals surface area contributed by atoms with Gasteiger partial charge in [-0.15, -0.1) is 11.3 Å². The van der Waals surface area contributed by atoms with E-state index in [9.17, 15) is 14.5 Å². The molecule has 0 spiro atoms. The van der Waals surface area contributed by atoms with Gasteiger partial charge in [-0.25, -0.2) is 9.07 Å². The first-order valence-electron chi connectivity index (χ1n) is 7.12. The minimum absolute atomic E-state index is 0.0906. The van der Waals surface area contributed by atoms with Crippen molar-refractivity contribution in [2.45, 2.75) is 0 Å². The zero-order chi connectivity index (χ0) is 17.4. The standard InChI is InChI=1S/C16H9FN4O3S/c17-11-8-10(21(22)23)2-3-13(11)24-14-4-6-18-12-9-15(25-16(12)14)20-7-1-5-19-20/h1-9H. The summed E-state index contributed by atoms with van der Waals surface area (Å²) in [6.07, 6.45) is 5.03. The van der Waals surface area contributed by atoms with E-state index < -0.39 is 10.7 Å². The molecule has 0 amide bonds. The minimum Gasteiger partial charge on any atom is -0.453 e. The molecule has 124 valence electrons. The van der Waals surface area contributed by atoms with E-state index >= 15 is 0 Å². The summed E-state index contributed by atoms with van der Waals surface area (Å²) in [6, 6.07) is 8.54. The summed E-state index contributed by atoms with van der Waals surface area (Å²) in [4.78, 5) is 14.3. The number of non-ortho nitro benzene ring substituents is 1. The molecular weight excluding hydrogens is 347 g/mol. The highest BCUT2D eigenvalue weighted by Gasteiger charge is 2.15. The third-order valence-corrected chi connectivity index (χ3v) is 4.57. The lowest BCUT2D eigenvalue weighted by Gasteiger charge is -2.07. The molecule has 0 aliphatic carbocycles. The number of nitrogens with zero attached hydrogens (tertiary/aromatic N) is 4. The highest BCUT2D eigenvalue weighted by atomic mass is 32.1. The summed E-state index contributed by atoms with van der Waals surface area (Å²) in [5.41, 5.74) is 0.358. The predicted octanol–water partition coefficient (Wildman–Crippen LogP) is 4.32. The highest BCUT2D eigenvalue weighted by Crippen LogP contribution is 2.37.